The number of thioether (sulfide) groups is 1. The minimum Gasteiger partial charge on any atom is -0.312 e. The molecular weight excluding hydrogens is 302 g/mol. The highest BCUT2D eigenvalue weighted by Gasteiger charge is 2.19. The Balaban J connectivity index is 2.13. The van der Waals surface area contributed by atoms with Crippen molar-refractivity contribution in [1.29, 1.82) is 0 Å². The molecule has 0 saturated heterocycles. The molecule has 0 fully saturated rings. The van der Waals surface area contributed by atoms with Crippen LogP contribution in [0.25, 0.3) is 0 Å². The van der Waals surface area contributed by atoms with Crippen LogP contribution in [-0.4, -0.2) is 12.8 Å². The lowest BCUT2D eigenvalue weighted by Crippen LogP contribution is -2.20. The van der Waals surface area contributed by atoms with E-state index in [-0.39, 0.29) is 11.4 Å². The van der Waals surface area contributed by atoms with Gasteiger partial charge in [-0.3, -0.25) is 0 Å². The summed E-state index contributed by atoms with van der Waals surface area (Å²) >= 11 is 1.36. The van der Waals surface area contributed by atoms with Crippen molar-refractivity contribution >= 4 is 11.8 Å². The van der Waals surface area contributed by atoms with E-state index in [9.17, 15) is 17.6 Å². The van der Waals surface area contributed by atoms with E-state index < -0.39 is 23.5 Å². The summed E-state index contributed by atoms with van der Waals surface area (Å²) in [6.45, 7) is 0. The van der Waals surface area contributed by atoms with Gasteiger partial charge in [-0.1, -0.05) is 6.07 Å². The Labute approximate surface area is 124 Å². The van der Waals surface area contributed by atoms with Crippen LogP contribution < -0.4 is 5.32 Å². The van der Waals surface area contributed by atoms with Crippen LogP contribution in [-0.2, 0) is 0 Å². The second-order valence-electron chi connectivity index (χ2n) is 4.37. The van der Waals surface area contributed by atoms with Crippen LogP contribution in [0, 0.1) is 23.3 Å². The summed E-state index contributed by atoms with van der Waals surface area (Å²) < 4.78 is 52.8. The summed E-state index contributed by atoms with van der Waals surface area (Å²) in [7, 11) is 1.61. The lowest BCUT2D eigenvalue weighted by Gasteiger charge is -2.17. The Morgan fingerprint density at radius 1 is 0.952 bits per heavy atom. The van der Waals surface area contributed by atoms with Crippen molar-refractivity contribution in [3.05, 3.63) is 65.2 Å². The number of rotatable bonds is 5. The van der Waals surface area contributed by atoms with E-state index in [1.54, 1.807) is 19.2 Å². The monoisotopic (exact) mass is 315 g/mol. The van der Waals surface area contributed by atoms with Crippen molar-refractivity contribution in [2.45, 2.75) is 10.9 Å². The van der Waals surface area contributed by atoms with Gasteiger partial charge in [0.05, 0.1) is 0 Å². The second-order valence-corrected chi connectivity index (χ2v) is 5.46. The normalized spacial score (nSPS) is 12.4. The van der Waals surface area contributed by atoms with Gasteiger partial charge < -0.3 is 5.32 Å². The average molecular weight is 315 g/mol. The Hall–Kier alpha value is -1.53. The van der Waals surface area contributed by atoms with Gasteiger partial charge in [-0.15, -0.1) is 11.8 Å². The Morgan fingerprint density at radius 2 is 1.62 bits per heavy atom. The van der Waals surface area contributed by atoms with Gasteiger partial charge in [0, 0.05) is 22.3 Å². The predicted octanol–water partition coefficient (Wildman–Crippen LogP) is 4.30. The van der Waals surface area contributed by atoms with E-state index in [1.165, 1.54) is 30.0 Å². The standard InChI is InChI=1S/C15H13F4NS/c1-20-13(8-21-10-4-2-9(16)3-5-10)11-6-7-12(17)15(19)14(11)18/h2-7,13,20H,8H2,1H3. The van der Waals surface area contributed by atoms with Crippen molar-refractivity contribution in [1.82, 2.24) is 5.32 Å². The molecule has 1 atom stereocenters. The molecule has 112 valence electrons. The van der Waals surface area contributed by atoms with Crippen molar-refractivity contribution in [3.8, 4) is 0 Å². The lowest BCUT2D eigenvalue weighted by molar-refractivity contribution is 0.433. The Kier molecular flexibility index (Phi) is 5.25. The molecule has 0 aliphatic rings. The zero-order valence-corrected chi connectivity index (χ0v) is 12.0. The molecule has 2 aromatic carbocycles. The molecule has 0 heterocycles. The molecule has 0 spiro atoms. The lowest BCUT2D eigenvalue weighted by atomic mass is 10.1. The maximum atomic E-state index is 13.8. The third kappa shape index (κ3) is 3.77. The molecule has 0 radical (unpaired) electrons. The quantitative estimate of drug-likeness (QED) is 0.502. The molecule has 21 heavy (non-hydrogen) atoms. The first kappa shape index (κ1) is 15.9. The molecule has 0 aliphatic carbocycles. The van der Waals surface area contributed by atoms with Gasteiger partial charge in [-0.25, -0.2) is 17.6 Å². The highest BCUT2D eigenvalue weighted by Crippen LogP contribution is 2.27. The zero-order chi connectivity index (χ0) is 15.4. The first-order valence-corrected chi connectivity index (χ1v) is 7.20. The van der Waals surface area contributed by atoms with E-state index in [2.05, 4.69) is 5.32 Å². The number of hydrogen-bond acceptors (Lipinski definition) is 2. The predicted molar refractivity (Wildman–Crippen MR) is 75.2 cm³/mol. The minimum absolute atomic E-state index is 0.0611. The molecule has 1 nitrogen and oxygen atoms in total. The van der Waals surface area contributed by atoms with Gasteiger partial charge >= 0.3 is 0 Å². The SMILES string of the molecule is CNC(CSc1ccc(F)cc1)c1ccc(F)c(F)c1F. The summed E-state index contributed by atoms with van der Waals surface area (Å²) in [6.07, 6.45) is 0. The Morgan fingerprint density at radius 3 is 2.24 bits per heavy atom. The number of benzene rings is 2. The topological polar surface area (TPSA) is 12.0 Å². The molecular formula is C15H13F4NS. The highest BCUT2D eigenvalue weighted by molar-refractivity contribution is 7.99. The summed E-state index contributed by atoms with van der Waals surface area (Å²) in [5, 5.41) is 2.86. The maximum absolute atomic E-state index is 13.8. The molecule has 1 N–H and O–H groups in total. The molecule has 0 aliphatic heterocycles. The van der Waals surface area contributed by atoms with Crippen LogP contribution in [0.15, 0.2) is 41.3 Å². The minimum atomic E-state index is -1.47. The fourth-order valence-corrected chi connectivity index (χ4v) is 2.88. The van der Waals surface area contributed by atoms with Crippen LogP contribution in [0.5, 0.6) is 0 Å². The third-order valence-electron chi connectivity index (χ3n) is 3.02. The van der Waals surface area contributed by atoms with Crippen molar-refractivity contribution < 1.29 is 17.6 Å². The van der Waals surface area contributed by atoms with Crippen LogP contribution in [0.3, 0.4) is 0 Å². The average Bonchev–Trinajstić information content (AvgIpc) is 2.49. The molecule has 2 aromatic rings. The van der Waals surface area contributed by atoms with Crippen LogP contribution in [0.1, 0.15) is 11.6 Å². The van der Waals surface area contributed by atoms with Gasteiger partial charge in [0.2, 0.25) is 0 Å². The van der Waals surface area contributed by atoms with Gasteiger partial charge in [0.15, 0.2) is 17.5 Å². The fourth-order valence-electron chi connectivity index (χ4n) is 1.85. The highest BCUT2D eigenvalue weighted by atomic mass is 32.2. The van der Waals surface area contributed by atoms with Crippen molar-refractivity contribution in [2.24, 2.45) is 0 Å². The summed E-state index contributed by atoms with van der Waals surface area (Å²) in [4.78, 5) is 0.805. The van der Waals surface area contributed by atoms with Gasteiger partial charge in [-0.2, -0.15) is 0 Å². The second kappa shape index (κ2) is 6.95. The molecule has 0 amide bonds. The smallest absolute Gasteiger partial charge is 0.194 e. The van der Waals surface area contributed by atoms with Gasteiger partial charge in [-0.05, 0) is 37.4 Å². The molecule has 1 unspecified atom stereocenters. The van der Waals surface area contributed by atoms with Gasteiger partial charge in [0.25, 0.3) is 0 Å². The molecule has 0 aromatic heterocycles. The maximum Gasteiger partial charge on any atom is 0.194 e. The summed E-state index contributed by atoms with van der Waals surface area (Å²) in [5.41, 5.74) is 0.0611. The van der Waals surface area contributed by atoms with Crippen molar-refractivity contribution in [2.75, 3.05) is 12.8 Å². The van der Waals surface area contributed by atoms with Crippen LogP contribution in [0.2, 0.25) is 0 Å². The molecule has 6 heteroatoms. The molecule has 0 bridgehead atoms. The zero-order valence-electron chi connectivity index (χ0n) is 11.2. The summed E-state index contributed by atoms with van der Waals surface area (Å²) in [6, 6.07) is 7.50. The largest absolute Gasteiger partial charge is 0.312 e. The van der Waals surface area contributed by atoms with E-state index >= 15 is 0 Å². The third-order valence-corrected chi connectivity index (χ3v) is 4.12. The van der Waals surface area contributed by atoms with E-state index in [0.29, 0.717) is 5.75 Å². The molecule has 2 rings (SSSR count). The van der Waals surface area contributed by atoms with E-state index in [0.717, 1.165) is 11.0 Å². The first-order chi connectivity index (χ1) is 10.0. The van der Waals surface area contributed by atoms with Crippen molar-refractivity contribution in [3.63, 3.8) is 0 Å². The first-order valence-electron chi connectivity index (χ1n) is 6.22. The Bertz CT molecular complexity index is 616. The van der Waals surface area contributed by atoms with Crippen LogP contribution in [0.4, 0.5) is 17.6 Å². The number of hydrogen-bond donors (Lipinski definition) is 1. The number of halogens is 4. The number of nitrogens with one attached hydrogen (secondary N) is 1. The molecule has 0 saturated carbocycles. The van der Waals surface area contributed by atoms with E-state index in [1.807, 2.05) is 0 Å². The summed E-state index contributed by atoms with van der Waals surface area (Å²) in [5.74, 6) is -3.81. The fraction of sp³-hybridized carbons (Fsp3) is 0.200. The van der Waals surface area contributed by atoms with Crippen LogP contribution >= 0.6 is 11.8 Å². The van der Waals surface area contributed by atoms with Gasteiger partial charge in [0.1, 0.15) is 5.82 Å². The van der Waals surface area contributed by atoms with E-state index in [4.69, 9.17) is 0 Å².